The first-order valence-electron chi connectivity index (χ1n) is 6.67. The van der Waals surface area contributed by atoms with Gasteiger partial charge < -0.3 is 10.5 Å². The molecule has 1 aliphatic rings. The van der Waals surface area contributed by atoms with Gasteiger partial charge in [-0.15, -0.1) is 0 Å². The van der Waals surface area contributed by atoms with Crippen molar-refractivity contribution in [1.29, 1.82) is 0 Å². The van der Waals surface area contributed by atoms with E-state index in [1.807, 2.05) is 0 Å². The molecule has 0 saturated heterocycles. The summed E-state index contributed by atoms with van der Waals surface area (Å²) < 4.78 is 6.14. The Kier molecular flexibility index (Phi) is 4.06. The van der Waals surface area contributed by atoms with E-state index in [2.05, 4.69) is 26.0 Å². The second-order valence-corrected chi connectivity index (χ2v) is 5.12. The van der Waals surface area contributed by atoms with Crippen LogP contribution < -0.4 is 10.5 Å². The SMILES string of the molecule is Cc1cc(CCN)cc(C)c1OC1CCCC1. The maximum Gasteiger partial charge on any atom is 0.125 e. The van der Waals surface area contributed by atoms with Crippen LogP contribution in [0.25, 0.3) is 0 Å². The first kappa shape index (κ1) is 12.4. The highest BCUT2D eigenvalue weighted by Gasteiger charge is 2.18. The monoisotopic (exact) mass is 233 g/mol. The molecule has 0 spiro atoms. The molecule has 1 aromatic rings. The molecule has 2 N–H and O–H groups in total. The molecule has 17 heavy (non-hydrogen) atoms. The van der Waals surface area contributed by atoms with Gasteiger partial charge in [0.05, 0.1) is 6.10 Å². The van der Waals surface area contributed by atoms with Gasteiger partial charge in [0.1, 0.15) is 5.75 Å². The van der Waals surface area contributed by atoms with Crippen LogP contribution in [0.15, 0.2) is 12.1 Å². The van der Waals surface area contributed by atoms with Gasteiger partial charge in [-0.05, 0) is 69.2 Å². The molecule has 2 heteroatoms. The van der Waals surface area contributed by atoms with E-state index >= 15 is 0 Å². The Morgan fingerprint density at radius 1 is 1.18 bits per heavy atom. The van der Waals surface area contributed by atoms with Crippen LogP contribution in [0.3, 0.4) is 0 Å². The van der Waals surface area contributed by atoms with Crippen LogP contribution >= 0.6 is 0 Å². The van der Waals surface area contributed by atoms with Crippen molar-refractivity contribution in [2.75, 3.05) is 6.54 Å². The minimum atomic E-state index is 0.438. The predicted octanol–water partition coefficient (Wildman–Crippen LogP) is 3.13. The standard InChI is InChI=1S/C15H23NO/c1-11-9-13(7-8-16)10-12(2)15(11)17-14-5-3-4-6-14/h9-10,14H,3-8,16H2,1-2H3. The van der Waals surface area contributed by atoms with E-state index in [1.54, 1.807) is 0 Å². The van der Waals surface area contributed by atoms with Gasteiger partial charge in [0.2, 0.25) is 0 Å². The predicted molar refractivity (Wildman–Crippen MR) is 71.6 cm³/mol. The molecule has 1 aliphatic carbocycles. The molecule has 1 aromatic carbocycles. The maximum atomic E-state index is 6.14. The third-order valence-electron chi connectivity index (χ3n) is 3.54. The Labute approximate surface area is 104 Å². The summed E-state index contributed by atoms with van der Waals surface area (Å²) in [5.74, 6) is 1.10. The molecule has 0 radical (unpaired) electrons. The first-order valence-corrected chi connectivity index (χ1v) is 6.67. The van der Waals surface area contributed by atoms with Crippen molar-refractivity contribution < 1.29 is 4.74 Å². The summed E-state index contributed by atoms with van der Waals surface area (Å²) in [4.78, 5) is 0. The zero-order valence-corrected chi connectivity index (χ0v) is 11.0. The van der Waals surface area contributed by atoms with Gasteiger partial charge in [-0.3, -0.25) is 0 Å². The summed E-state index contributed by atoms with van der Waals surface area (Å²) in [6.07, 6.45) is 6.44. The van der Waals surface area contributed by atoms with Crippen LogP contribution in [-0.2, 0) is 6.42 Å². The summed E-state index contributed by atoms with van der Waals surface area (Å²) >= 11 is 0. The van der Waals surface area contributed by atoms with Crippen molar-refractivity contribution in [2.24, 2.45) is 5.73 Å². The van der Waals surface area contributed by atoms with E-state index < -0.39 is 0 Å². The molecule has 0 aliphatic heterocycles. The highest BCUT2D eigenvalue weighted by atomic mass is 16.5. The second kappa shape index (κ2) is 5.54. The van der Waals surface area contributed by atoms with Crippen molar-refractivity contribution in [3.63, 3.8) is 0 Å². The fraction of sp³-hybridized carbons (Fsp3) is 0.600. The number of aryl methyl sites for hydroxylation is 2. The Morgan fingerprint density at radius 3 is 2.29 bits per heavy atom. The summed E-state index contributed by atoms with van der Waals surface area (Å²) in [5, 5.41) is 0. The Hall–Kier alpha value is -1.02. The molecule has 2 rings (SSSR count). The molecule has 0 unspecified atom stereocenters. The van der Waals surface area contributed by atoms with E-state index in [0.29, 0.717) is 12.6 Å². The largest absolute Gasteiger partial charge is 0.490 e. The molecule has 0 amide bonds. The lowest BCUT2D eigenvalue weighted by Gasteiger charge is -2.18. The fourth-order valence-electron chi connectivity index (χ4n) is 2.71. The molecule has 94 valence electrons. The number of benzene rings is 1. The molecule has 1 fully saturated rings. The van der Waals surface area contributed by atoms with E-state index in [9.17, 15) is 0 Å². The van der Waals surface area contributed by atoms with Crippen LogP contribution in [0.5, 0.6) is 5.75 Å². The molecule has 1 saturated carbocycles. The summed E-state index contributed by atoms with van der Waals surface area (Å²) in [6.45, 7) is 4.98. The molecule has 0 atom stereocenters. The normalized spacial score (nSPS) is 16.4. The Bertz CT molecular complexity index is 358. The highest BCUT2D eigenvalue weighted by Crippen LogP contribution is 2.30. The van der Waals surface area contributed by atoms with Gasteiger partial charge >= 0.3 is 0 Å². The van der Waals surface area contributed by atoms with Crippen LogP contribution in [0.1, 0.15) is 42.4 Å². The Balaban J connectivity index is 2.15. The van der Waals surface area contributed by atoms with Gasteiger partial charge in [-0.2, -0.15) is 0 Å². The second-order valence-electron chi connectivity index (χ2n) is 5.12. The smallest absolute Gasteiger partial charge is 0.125 e. The van der Waals surface area contributed by atoms with Crippen molar-refractivity contribution in [3.05, 3.63) is 28.8 Å². The number of ether oxygens (including phenoxy) is 1. The zero-order chi connectivity index (χ0) is 12.3. The summed E-state index contributed by atoms with van der Waals surface area (Å²) in [7, 11) is 0. The average Bonchev–Trinajstić information content (AvgIpc) is 2.76. The van der Waals surface area contributed by atoms with E-state index in [0.717, 1.165) is 12.2 Å². The molecule has 0 aromatic heterocycles. The maximum absolute atomic E-state index is 6.14. The minimum Gasteiger partial charge on any atom is -0.490 e. The number of hydrogen-bond donors (Lipinski definition) is 1. The van der Waals surface area contributed by atoms with Crippen LogP contribution in [-0.4, -0.2) is 12.6 Å². The molecular weight excluding hydrogens is 210 g/mol. The van der Waals surface area contributed by atoms with E-state index in [1.165, 1.54) is 42.4 Å². The molecular formula is C15H23NO. The first-order chi connectivity index (χ1) is 8.20. The lowest BCUT2D eigenvalue weighted by atomic mass is 10.0. The van der Waals surface area contributed by atoms with Gasteiger partial charge in [0, 0.05) is 0 Å². The third kappa shape index (κ3) is 3.01. The van der Waals surface area contributed by atoms with Crippen molar-refractivity contribution in [2.45, 2.75) is 52.1 Å². The van der Waals surface area contributed by atoms with Gasteiger partial charge in [0.15, 0.2) is 0 Å². The molecule has 2 nitrogen and oxygen atoms in total. The fourth-order valence-corrected chi connectivity index (χ4v) is 2.71. The quantitative estimate of drug-likeness (QED) is 0.867. The van der Waals surface area contributed by atoms with Gasteiger partial charge in [-0.1, -0.05) is 12.1 Å². The van der Waals surface area contributed by atoms with E-state index in [4.69, 9.17) is 10.5 Å². The number of nitrogens with two attached hydrogens (primary N) is 1. The lowest BCUT2D eigenvalue weighted by molar-refractivity contribution is 0.207. The van der Waals surface area contributed by atoms with E-state index in [-0.39, 0.29) is 0 Å². The number of hydrogen-bond acceptors (Lipinski definition) is 2. The topological polar surface area (TPSA) is 35.2 Å². The van der Waals surface area contributed by atoms with Crippen LogP contribution in [0.4, 0.5) is 0 Å². The van der Waals surface area contributed by atoms with Crippen molar-refractivity contribution in [1.82, 2.24) is 0 Å². The Morgan fingerprint density at radius 2 is 1.76 bits per heavy atom. The summed E-state index contributed by atoms with van der Waals surface area (Å²) in [6, 6.07) is 4.42. The van der Waals surface area contributed by atoms with Crippen molar-refractivity contribution in [3.8, 4) is 5.75 Å². The van der Waals surface area contributed by atoms with Crippen LogP contribution in [0.2, 0.25) is 0 Å². The third-order valence-corrected chi connectivity index (χ3v) is 3.54. The van der Waals surface area contributed by atoms with Crippen molar-refractivity contribution >= 4 is 0 Å². The highest BCUT2D eigenvalue weighted by molar-refractivity contribution is 5.43. The number of rotatable bonds is 4. The molecule has 0 bridgehead atoms. The minimum absolute atomic E-state index is 0.438. The average molecular weight is 233 g/mol. The van der Waals surface area contributed by atoms with Crippen LogP contribution in [0, 0.1) is 13.8 Å². The van der Waals surface area contributed by atoms with Gasteiger partial charge in [-0.25, -0.2) is 0 Å². The zero-order valence-electron chi connectivity index (χ0n) is 11.0. The summed E-state index contributed by atoms with van der Waals surface area (Å²) in [5.41, 5.74) is 9.42. The van der Waals surface area contributed by atoms with Gasteiger partial charge in [0.25, 0.3) is 0 Å². The lowest BCUT2D eigenvalue weighted by Crippen LogP contribution is -2.13. The molecule has 0 heterocycles.